The van der Waals surface area contributed by atoms with E-state index < -0.39 is 21.7 Å². The second kappa shape index (κ2) is 10.1. The smallest absolute Gasteiger partial charge is 0.262 e. The molecule has 0 saturated heterocycles. The Morgan fingerprint density at radius 3 is 2.28 bits per heavy atom. The zero-order valence-corrected chi connectivity index (χ0v) is 18.1. The van der Waals surface area contributed by atoms with Crippen LogP contribution in [0.5, 0.6) is 0 Å². The fourth-order valence-electron chi connectivity index (χ4n) is 2.80. The first-order chi connectivity index (χ1) is 15.3. The number of carbonyl (C=O) groups excluding carboxylic acids is 2. The monoisotopic (exact) mass is 455 g/mol. The summed E-state index contributed by atoms with van der Waals surface area (Å²) in [6.07, 6.45) is 0.824. The summed E-state index contributed by atoms with van der Waals surface area (Å²) < 4.78 is 41.2. The van der Waals surface area contributed by atoms with Gasteiger partial charge >= 0.3 is 0 Å². The average Bonchev–Trinajstić information content (AvgIpc) is 2.79. The van der Waals surface area contributed by atoms with Crippen LogP contribution in [-0.2, 0) is 10.0 Å². The molecular weight excluding hydrogens is 433 g/mol. The predicted octanol–water partition coefficient (Wildman–Crippen LogP) is 4.02. The van der Waals surface area contributed by atoms with Crippen LogP contribution in [-0.4, -0.2) is 26.8 Å². The first-order valence-corrected chi connectivity index (χ1v) is 11.4. The molecule has 0 heterocycles. The van der Waals surface area contributed by atoms with Gasteiger partial charge < -0.3 is 10.6 Å². The summed E-state index contributed by atoms with van der Waals surface area (Å²) in [6, 6.07) is 17.1. The van der Waals surface area contributed by atoms with Gasteiger partial charge in [0.25, 0.3) is 21.8 Å². The van der Waals surface area contributed by atoms with Crippen LogP contribution < -0.4 is 15.4 Å². The Kier molecular flexibility index (Phi) is 7.21. The summed E-state index contributed by atoms with van der Waals surface area (Å²) in [6.45, 7) is 2.53. The van der Waals surface area contributed by atoms with Gasteiger partial charge in [0, 0.05) is 23.4 Å². The van der Waals surface area contributed by atoms with Crippen molar-refractivity contribution in [2.24, 2.45) is 0 Å². The van der Waals surface area contributed by atoms with Gasteiger partial charge in [-0.3, -0.25) is 14.3 Å². The lowest BCUT2D eigenvalue weighted by Crippen LogP contribution is -2.23. The first-order valence-electron chi connectivity index (χ1n) is 9.87. The molecule has 0 aliphatic heterocycles. The van der Waals surface area contributed by atoms with Crippen LogP contribution in [0.3, 0.4) is 0 Å². The molecule has 3 aromatic carbocycles. The fourth-order valence-corrected chi connectivity index (χ4v) is 3.91. The highest BCUT2D eigenvalue weighted by Gasteiger charge is 2.18. The zero-order chi connectivity index (χ0) is 23.1. The van der Waals surface area contributed by atoms with Gasteiger partial charge in [-0.15, -0.1) is 0 Å². The van der Waals surface area contributed by atoms with E-state index in [2.05, 4.69) is 15.4 Å². The Balaban J connectivity index is 1.72. The Hall–Kier alpha value is -3.72. The minimum Gasteiger partial charge on any atom is -0.352 e. The summed E-state index contributed by atoms with van der Waals surface area (Å²) in [5, 5.41) is 5.42. The van der Waals surface area contributed by atoms with E-state index in [-0.39, 0.29) is 22.1 Å². The number of hydrogen-bond donors (Lipinski definition) is 3. The molecule has 0 fully saturated rings. The van der Waals surface area contributed by atoms with Crippen LogP contribution in [0.4, 0.5) is 15.8 Å². The van der Waals surface area contributed by atoms with Crippen molar-refractivity contribution in [1.29, 1.82) is 0 Å². The molecule has 2 amide bonds. The number of anilines is 2. The number of hydrogen-bond acceptors (Lipinski definition) is 4. The van der Waals surface area contributed by atoms with E-state index in [4.69, 9.17) is 0 Å². The molecule has 9 heteroatoms. The van der Waals surface area contributed by atoms with E-state index in [1.807, 2.05) is 6.92 Å². The number of amides is 2. The van der Waals surface area contributed by atoms with Gasteiger partial charge in [0.2, 0.25) is 0 Å². The minimum atomic E-state index is -4.10. The van der Waals surface area contributed by atoms with Gasteiger partial charge in [0.1, 0.15) is 5.82 Å². The number of carbonyl (C=O) groups is 2. The maximum atomic E-state index is 13.8. The molecule has 0 unspecified atom stereocenters. The molecule has 0 radical (unpaired) electrons. The standard InChI is InChI=1S/C23H22FN3O4S/c1-2-14-25-22(28)16-10-12-18(13-11-16)26-23(29)17-6-5-7-19(15-17)32(30,31)27-21-9-4-3-8-20(21)24/h3-13,15,27H,2,14H2,1H3,(H,25,28)(H,26,29). The van der Waals surface area contributed by atoms with Gasteiger partial charge in [-0.05, 0) is 61.0 Å². The molecule has 3 aromatic rings. The molecule has 3 N–H and O–H groups in total. The average molecular weight is 456 g/mol. The highest BCUT2D eigenvalue weighted by Crippen LogP contribution is 2.20. The van der Waals surface area contributed by atoms with Crippen LogP contribution in [0.25, 0.3) is 0 Å². The van der Waals surface area contributed by atoms with Crippen LogP contribution in [0.15, 0.2) is 77.7 Å². The Bertz CT molecular complexity index is 1230. The molecule has 0 aliphatic rings. The van der Waals surface area contributed by atoms with Crippen LogP contribution in [0.2, 0.25) is 0 Å². The van der Waals surface area contributed by atoms with Crippen molar-refractivity contribution in [3.8, 4) is 0 Å². The van der Waals surface area contributed by atoms with Crippen LogP contribution in [0.1, 0.15) is 34.1 Å². The SMILES string of the molecule is CCCNC(=O)c1ccc(NC(=O)c2cccc(S(=O)(=O)Nc3ccccc3F)c2)cc1. The van der Waals surface area contributed by atoms with E-state index in [1.54, 1.807) is 24.3 Å². The fraction of sp³-hybridized carbons (Fsp3) is 0.130. The topological polar surface area (TPSA) is 104 Å². The molecule has 3 rings (SSSR count). The van der Waals surface area contributed by atoms with Crippen molar-refractivity contribution in [1.82, 2.24) is 5.32 Å². The summed E-state index contributed by atoms with van der Waals surface area (Å²) in [4.78, 5) is 24.4. The molecule has 0 aliphatic carbocycles. The largest absolute Gasteiger partial charge is 0.352 e. The van der Waals surface area contributed by atoms with Crippen LogP contribution >= 0.6 is 0 Å². The quantitative estimate of drug-likeness (QED) is 0.477. The molecule has 0 aromatic heterocycles. The molecule has 7 nitrogen and oxygen atoms in total. The van der Waals surface area contributed by atoms with Gasteiger partial charge in [0.05, 0.1) is 10.6 Å². The second-order valence-electron chi connectivity index (χ2n) is 6.90. The van der Waals surface area contributed by atoms with E-state index in [9.17, 15) is 22.4 Å². The predicted molar refractivity (Wildman–Crippen MR) is 121 cm³/mol. The lowest BCUT2D eigenvalue weighted by Gasteiger charge is -2.11. The third-order valence-electron chi connectivity index (χ3n) is 4.47. The van der Waals surface area contributed by atoms with Crippen molar-refractivity contribution < 1.29 is 22.4 Å². The zero-order valence-electron chi connectivity index (χ0n) is 17.3. The first kappa shape index (κ1) is 23.0. The number of benzene rings is 3. The Labute approximate surface area is 185 Å². The van der Waals surface area contributed by atoms with Gasteiger partial charge in [-0.1, -0.05) is 25.1 Å². The molecule has 0 spiro atoms. The Morgan fingerprint density at radius 2 is 1.59 bits per heavy atom. The third kappa shape index (κ3) is 5.70. The lowest BCUT2D eigenvalue weighted by atomic mass is 10.1. The number of rotatable bonds is 8. The number of sulfonamides is 1. The van der Waals surface area contributed by atoms with E-state index in [0.29, 0.717) is 17.8 Å². The molecule has 0 atom stereocenters. The van der Waals surface area contributed by atoms with Crippen molar-refractivity contribution in [2.45, 2.75) is 18.2 Å². The molecule has 0 saturated carbocycles. The maximum absolute atomic E-state index is 13.8. The maximum Gasteiger partial charge on any atom is 0.262 e. The van der Waals surface area contributed by atoms with E-state index in [0.717, 1.165) is 12.5 Å². The number of halogens is 1. The highest BCUT2D eigenvalue weighted by molar-refractivity contribution is 7.92. The van der Waals surface area contributed by atoms with Gasteiger partial charge in [0.15, 0.2) is 0 Å². The summed E-state index contributed by atoms with van der Waals surface area (Å²) in [5.41, 5.74) is 0.820. The Morgan fingerprint density at radius 1 is 0.875 bits per heavy atom. The van der Waals surface area contributed by atoms with E-state index >= 15 is 0 Å². The number of para-hydroxylation sites is 1. The second-order valence-corrected chi connectivity index (χ2v) is 8.58. The van der Waals surface area contributed by atoms with E-state index in [1.165, 1.54) is 42.5 Å². The van der Waals surface area contributed by atoms with Gasteiger partial charge in [-0.2, -0.15) is 0 Å². The van der Waals surface area contributed by atoms with Crippen molar-refractivity contribution in [2.75, 3.05) is 16.6 Å². The summed E-state index contributed by atoms with van der Waals surface area (Å²) >= 11 is 0. The minimum absolute atomic E-state index is 0.103. The van der Waals surface area contributed by atoms with Crippen molar-refractivity contribution >= 4 is 33.2 Å². The normalized spacial score (nSPS) is 10.9. The van der Waals surface area contributed by atoms with Crippen LogP contribution in [0, 0.1) is 5.82 Å². The lowest BCUT2D eigenvalue weighted by molar-refractivity contribution is 0.0953. The summed E-state index contributed by atoms with van der Waals surface area (Å²) in [7, 11) is -4.10. The molecule has 0 bridgehead atoms. The third-order valence-corrected chi connectivity index (χ3v) is 5.83. The number of nitrogens with one attached hydrogen (secondary N) is 3. The van der Waals surface area contributed by atoms with Gasteiger partial charge in [-0.25, -0.2) is 12.8 Å². The molecule has 166 valence electrons. The molecule has 32 heavy (non-hydrogen) atoms. The van der Waals surface area contributed by atoms with Crippen molar-refractivity contribution in [3.05, 3.63) is 89.7 Å². The van der Waals surface area contributed by atoms with Crippen molar-refractivity contribution in [3.63, 3.8) is 0 Å². The summed E-state index contributed by atoms with van der Waals surface area (Å²) in [5.74, 6) is -1.45. The highest BCUT2D eigenvalue weighted by atomic mass is 32.2. The molecular formula is C23H22FN3O4S.